The van der Waals surface area contributed by atoms with Crippen LogP contribution in [0.2, 0.25) is 0 Å². The number of hydrogen-bond donors (Lipinski definition) is 1. The molecule has 0 spiro atoms. The number of benzene rings is 1. The van der Waals surface area contributed by atoms with Crippen molar-refractivity contribution in [2.75, 3.05) is 0 Å². The van der Waals surface area contributed by atoms with E-state index < -0.39 is 40.2 Å². The Labute approximate surface area is 100 Å². The maximum atomic E-state index is 13.7. The first-order valence-electron chi connectivity index (χ1n) is 5.47. The van der Waals surface area contributed by atoms with Gasteiger partial charge in [0.05, 0.1) is 5.41 Å². The molecule has 2 nitrogen and oxygen atoms in total. The zero-order valence-corrected chi connectivity index (χ0v) is 9.27. The highest BCUT2D eigenvalue weighted by Gasteiger charge is 2.48. The Morgan fingerprint density at radius 3 is 1.89 bits per heavy atom. The number of carboxylic acids is 1. The van der Waals surface area contributed by atoms with Crippen molar-refractivity contribution in [3.63, 3.8) is 0 Å². The van der Waals surface area contributed by atoms with Gasteiger partial charge in [0.2, 0.25) is 0 Å². The average molecular weight is 262 g/mol. The number of aliphatic carboxylic acids is 1. The number of rotatable bonds is 2. The Kier molecular flexibility index (Phi) is 3.04. The van der Waals surface area contributed by atoms with E-state index in [-0.39, 0.29) is 18.9 Å². The average Bonchev–Trinajstić information content (AvgIpc) is 2.77. The summed E-state index contributed by atoms with van der Waals surface area (Å²) in [4.78, 5) is 11.3. The molecule has 0 saturated heterocycles. The summed E-state index contributed by atoms with van der Waals surface area (Å²) < 4.78 is 53.6. The third-order valence-electron chi connectivity index (χ3n) is 3.46. The van der Waals surface area contributed by atoms with Gasteiger partial charge in [-0.05, 0) is 12.8 Å². The van der Waals surface area contributed by atoms with E-state index in [0.29, 0.717) is 12.8 Å². The lowest BCUT2D eigenvalue weighted by Crippen LogP contribution is -2.35. The first-order chi connectivity index (χ1) is 8.40. The third-order valence-corrected chi connectivity index (χ3v) is 3.46. The van der Waals surface area contributed by atoms with Gasteiger partial charge in [0.15, 0.2) is 23.3 Å². The summed E-state index contributed by atoms with van der Waals surface area (Å²) in [6, 6.07) is 0.0820. The van der Waals surface area contributed by atoms with Crippen molar-refractivity contribution in [3.8, 4) is 0 Å². The quantitative estimate of drug-likeness (QED) is 0.656. The number of hydrogen-bond acceptors (Lipinski definition) is 1. The Morgan fingerprint density at radius 1 is 1.06 bits per heavy atom. The second-order valence-corrected chi connectivity index (χ2v) is 4.44. The monoisotopic (exact) mass is 262 g/mol. The predicted octanol–water partition coefficient (Wildman–Crippen LogP) is 3.14. The van der Waals surface area contributed by atoms with Crippen molar-refractivity contribution in [3.05, 3.63) is 34.9 Å². The molecule has 18 heavy (non-hydrogen) atoms. The molecule has 0 atom stereocenters. The van der Waals surface area contributed by atoms with E-state index in [1.54, 1.807) is 0 Å². The van der Waals surface area contributed by atoms with Crippen molar-refractivity contribution in [2.45, 2.75) is 31.1 Å². The molecule has 0 heterocycles. The SMILES string of the molecule is O=C(O)C1(c2c(F)c(F)cc(F)c2F)CCCC1. The van der Waals surface area contributed by atoms with Crippen LogP contribution in [-0.2, 0) is 10.2 Å². The number of halogens is 4. The second-order valence-electron chi connectivity index (χ2n) is 4.44. The molecule has 1 aromatic rings. The van der Waals surface area contributed by atoms with Gasteiger partial charge in [-0.25, -0.2) is 17.6 Å². The molecule has 1 aromatic carbocycles. The summed E-state index contributed by atoms with van der Waals surface area (Å²) in [6.07, 6.45) is 0.838. The predicted molar refractivity (Wildman–Crippen MR) is 54.1 cm³/mol. The van der Waals surface area contributed by atoms with Crippen molar-refractivity contribution < 1.29 is 27.5 Å². The van der Waals surface area contributed by atoms with Crippen LogP contribution in [-0.4, -0.2) is 11.1 Å². The molecule has 0 unspecified atom stereocenters. The molecule has 0 bridgehead atoms. The van der Waals surface area contributed by atoms with Gasteiger partial charge in [-0.15, -0.1) is 0 Å². The molecule has 0 aromatic heterocycles. The minimum atomic E-state index is -1.86. The van der Waals surface area contributed by atoms with Gasteiger partial charge in [0.1, 0.15) is 0 Å². The van der Waals surface area contributed by atoms with E-state index in [0.717, 1.165) is 0 Å². The van der Waals surface area contributed by atoms with E-state index in [4.69, 9.17) is 5.11 Å². The molecule has 0 amide bonds. The van der Waals surface area contributed by atoms with Crippen molar-refractivity contribution in [2.24, 2.45) is 0 Å². The molecular formula is C12H10F4O2. The van der Waals surface area contributed by atoms with Gasteiger partial charge >= 0.3 is 5.97 Å². The van der Waals surface area contributed by atoms with Crippen LogP contribution in [0.1, 0.15) is 31.2 Å². The molecule has 2 rings (SSSR count). The first-order valence-corrected chi connectivity index (χ1v) is 5.47. The minimum absolute atomic E-state index is 0.0287. The highest BCUT2D eigenvalue weighted by atomic mass is 19.2. The van der Waals surface area contributed by atoms with Gasteiger partial charge < -0.3 is 5.11 Å². The van der Waals surface area contributed by atoms with Crippen LogP contribution in [0.4, 0.5) is 17.6 Å². The molecule has 1 saturated carbocycles. The molecule has 6 heteroatoms. The minimum Gasteiger partial charge on any atom is -0.481 e. The molecular weight excluding hydrogens is 252 g/mol. The van der Waals surface area contributed by atoms with Gasteiger partial charge in [0, 0.05) is 11.6 Å². The fourth-order valence-electron chi connectivity index (χ4n) is 2.54. The van der Waals surface area contributed by atoms with Crippen LogP contribution in [0.5, 0.6) is 0 Å². The first kappa shape index (κ1) is 12.9. The summed E-state index contributed by atoms with van der Waals surface area (Å²) in [5.41, 5.74) is -2.86. The van der Waals surface area contributed by atoms with Crippen LogP contribution >= 0.6 is 0 Å². The second kappa shape index (κ2) is 4.26. The van der Waals surface area contributed by atoms with E-state index in [1.807, 2.05) is 0 Å². The molecule has 1 N–H and O–H groups in total. The highest BCUT2D eigenvalue weighted by Crippen LogP contribution is 2.44. The zero-order chi connectivity index (χ0) is 13.5. The van der Waals surface area contributed by atoms with Crippen LogP contribution < -0.4 is 0 Å². The summed E-state index contributed by atoms with van der Waals surface area (Å²) in [5, 5.41) is 9.17. The van der Waals surface area contributed by atoms with E-state index in [2.05, 4.69) is 0 Å². The Hall–Kier alpha value is -1.59. The van der Waals surface area contributed by atoms with Gasteiger partial charge in [-0.1, -0.05) is 12.8 Å². The van der Waals surface area contributed by atoms with Crippen LogP contribution in [0.3, 0.4) is 0 Å². The maximum Gasteiger partial charge on any atom is 0.314 e. The lowest BCUT2D eigenvalue weighted by Gasteiger charge is -2.25. The van der Waals surface area contributed by atoms with E-state index in [1.165, 1.54) is 0 Å². The normalized spacial score (nSPS) is 18.0. The molecule has 1 aliphatic carbocycles. The number of carboxylic acid groups (broad SMARTS) is 1. The molecule has 0 radical (unpaired) electrons. The molecule has 1 fully saturated rings. The Morgan fingerprint density at radius 2 is 1.50 bits per heavy atom. The maximum absolute atomic E-state index is 13.7. The van der Waals surface area contributed by atoms with Crippen molar-refractivity contribution >= 4 is 5.97 Å². The smallest absolute Gasteiger partial charge is 0.314 e. The summed E-state index contributed by atoms with van der Waals surface area (Å²) >= 11 is 0. The van der Waals surface area contributed by atoms with Gasteiger partial charge in [-0.2, -0.15) is 0 Å². The van der Waals surface area contributed by atoms with Gasteiger partial charge in [-0.3, -0.25) is 4.79 Å². The Bertz CT molecular complexity index is 481. The summed E-state index contributed by atoms with van der Waals surface area (Å²) in [7, 11) is 0. The fourth-order valence-corrected chi connectivity index (χ4v) is 2.54. The zero-order valence-electron chi connectivity index (χ0n) is 9.27. The van der Waals surface area contributed by atoms with Crippen molar-refractivity contribution in [1.29, 1.82) is 0 Å². The summed E-state index contributed by atoms with van der Waals surface area (Å²) in [6.45, 7) is 0. The molecule has 0 aliphatic heterocycles. The topological polar surface area (TPSA) is 37.3 Å². The van der Waals surface area contributed by atoms with Crippen LogP contribution in [0.15, 0.2) is 6.07 Å². The van der Waals surface area contributed by atoms with E-state index in [9.17, 15) is 22.4 Å². The van der Waals surface area contributed by atoms with Gasteiger partial charge in [0.25, 0.3) is 0 Å². The largest absolute Gasteiger partial charge is 0.481 e. The van der Waals surface area contributed by atoms with Crippen LogP contribution in [0.25, 0.3) is 0 Å². The molecule has 1 aliphatic rings. The van der Waals surface area contributed by atoms with Crippen LogP contribution in [0, 0.1) is 23.3 Å². The fraction of sp³-hybridized carbons (Fsp3) is 0.417. The van der Waals surface area contributed by atoms with Crippen molar-refractivity contribution in [1.82, 2.24) is 0 Å². The third kappa shape index (κ3) is 1.67. The standard InChI is InChI=1S/C12H10F4O2/c13-6-5-7(14)10(16)8(9(6)15)12(11(17)18)3-1-2-4-12/h5H,1-4H2,(H,17,18). The Balaban J connectivity index is 2.73. The lowest BCUT2D eigenvalue weighted by molar-refractivity contribution is -0.143. The number of carbonyl (C=O) groups is 1. The summed E-state index contributed by atoms with van der Waals surface area (Å²) in [5.74, 6) is -7.83. The lowest BCUT2D eigenvalue weighted by atomic mass is 9.78. The van der Waals surface area contributed by atoms with E-state index >= 15 is 0 Å². The highest BCUT2D eigenvalue weighted by molar-refractivity contribution is 5.82. The molecule has 98 valence electrons.